The van der Waals surface area contributed by atoms with Crippen LogP contribution in [0.5, 0.6) is 0 Å². The summed E-state index contributed by atoms with van der Waals surface area (Å²) in [5.74, 6) is 4.97. The monoisotopic (exact) mass is 267 g/mol. The lowest BCUT2D eigenvalue weighted by molar-refractivity contribution is 0.569. The van der Waals surface area contributed by atoms with E-state index < -0.39 is 5.82 Å². The molecule has 0 fully saturated rings. The second kappa shape index (κ2) is 4.37. The summed E-state index contributed by atoms with van der Waals surface area (Å²) in [4.78, 5) is 4.36. The number of benzene rings is 1. The number of hydrogen-bond donors (Lipinski definition) is 2. The van der Waals surface area contributed by atoms with Crippen LogP contribution in [-0.4, -0.2) is 4.98 Å². The molecular formula is C13H15ClFN3. The van der Waals surface area contributed by atoms with Crippen molar-refractivity contribution in [3.8, 4) is 0 Å². The van der Waals surface area contributed by atoms with Crippen molar-refractivity contribution in [3.63, 3.8) is 0 Å². The second-order valence-corrected chi connectivity index (χ2v) is 5.61. The molecule has 2 rings (SSSR count). The lowest BCUT2D eigenvalue weighted by Gasteiger charge is -2.20. The predicted molar refractivity (Wildman–Crippen MR) is 73.2 cm³/mol. The number of pyridine rings is 1. The van der Waals surface area contributed by atoms with Gasteiger partial charge in [0.2, 0.25) is 0 Å². The number of aromatic nitrogens is 1. The number of nitrogens with two attached hydrogens (primary N) is 1. The Labute approximate surface area is 110 Å². The molecule has 0 saturated heterocycles. The Balaban J connectivity index is 2.85. The van der Waals surface area contributed by atoms with E-state index in [-0.39, 0.29) is 16.0 Å². The topological polar surface area (TPSA) is 50.9 Å². The first-order valence-electron chi connectivity index (χ1n) is 5.60. The van der Waals surface area contributed by atoms with Crippen molar-refractivity contribution in [2.45, 2.75) is 26.2 Å². The fraction of sp³-hybridized carbons (Fsp3) is 0.308. The third kappa shape index (κ3) is 2.13. The van der Waals surface area contributed by atoms with E-state index in [9.17, 15) is 4.39 Å². The summed E-state index contributed by atoms with van der Waals surface area (Å²) in [7, 11) is 0. The fourth-order valence-electron chi connectivity index (χ4n) is 1.74. The highest BCUT2D eigenvalue weighted by molar-refractivity contribution is 6.31. The summed E-state index contributed by atoms with van der Waals surface area (Å²) in [6.45, 7) is 6.01. The van der Waals surface area contributed by atoms with Gasteiger partial charge in [-0.3, -0.25) is 5.84 Å². The molecule has 3 N–H and O–H groups in total. The number of hydrogen-bond acceptors (Lipinski definition) is 3. The molecule has 1 heterocycles. The molecule has 0 aliphatic rings. The number of anilines is 1. The maximum atomic E-state index is 14.0. The molecule has 0 spiro atoms. The zero-order chi connectivity index (χ0) is 13.5. The SMILES string of the molecule is CC(C)(C)c1cc(NN)c2ccc(Cl)c(F)c2n1. The predicted octanol–water partition coefficient (Wildman–Crippen LogP) is 3.61. The standard InChI is InChI=1S/C13H15ClFN3/c1-13(2,3)10-6-9(18-16)7-4-5-8(14)11(15)12(7)17-10/h4-6H,16H2,1-3H3,(H,17,18). The van der Waals surface area contributed by atoms with Crippen molar-refractivity contribution in [1.82, 2.24) is 4.98 Å². The van der Waals surface area contributed by atoms with Gasteiger partial charge in [0.1, 0.15) is 5.52 Å². The highest BCUT2D eigenvalue weighted by Gasteiger charge is 2.19. The summed E-state index contributed by atoms with van der Waals surface area (Å²) in [6.07, 6.45) is 0. The van der Waals surface area contributed by atoms with E-state index in [0.717, 1.165) is 5.69 Å². The summed E-state index contributed by atoms with van der Waals surface area (Å²) in [5, 5.41) is 0.677. The molecule has 0 saturated carbocycles. The lowest BCUT2D eigenvalue weighted by Crippen LogP contribution is -2.16. The molecule has 5 heteroatoms. The molecule has 0 bridgehead atoms. The molecule has 96 valence electrons. The Kier molecular flexibility index (Phi) is 3.17. The van der Waals surface area contributed by atoms with Gasteiger partial charge in [0.15, 0.2) is 5.82 Å². The minimum absolute atomic E-state index is 0.0593. The van der Waals surface area contributed by atoms with Crippen molar-refractivity contribution >= 4 is 28.2 Å². The van der Waals surface area contributed by atoms with Gasteiger partial charge < -0.3 is 5.43 Å². The number of rotatable bonds is 1. The van der Waals surface area contributed by atoms with Crippen LogP contribution in [0.15, 0.2) is 18.2 Å². The number of nitrogens with one attached hydrogen (secondary N) is 1. The van der Waals surface area contributed by atoms with E-state index in [4.69, 9.17) is 17.4 Å². The van der Waals surface area contributed by atoms with Crippen LogP contribution in [0.4, 0.5) is 10.1 Å². The normalized spacial score (nSPS) is 11.9. The van der Waals surface area contributed by atoms with Gasteiger partial charge in [-0.25, -0.2) is 9.37 Å². The van der Waals surface area contributed by atoms with Crippen LogP contribution in [0.25, 0.3) is 10.9 Å². The van der Waals surface area contributed by atoms with Gasteiger partial charge in [-0.1, -0.05) is 32.4 Å². The molecular weight excluding hydrogens is 253 g/mol. The van der Waals surface area contributed by atoms with Crippen molar-refractivity contribution in [1.29, 1.82) is 0 Å². The quantitative estimate of drug-likeness (QED) is 0.613. The molecule has 1 aromatic heterocycles. The van der Waals surface area contributed by atoms with Crippen molar-refractivity contribution in [2.75, 3.05) is 5.43 Å². The van der Waals surface area contributed by atoms with Crippen LogP contribution < -0.4 is 11.3 Å². The maximum absolute atomic E-state index is 14.0. The molecule has 3 nitrogen and oxygen atoms in total. The number of halogens is 2. The molecule has 0 amide bonds. The van der Waals surface area contributed by atoms with Crippen LogP contribution in [0.1, 0.15) is 26.5 Å². The largest absolute Gasteiger partial charge is 0.323 e. The number of hydrazine groups is 1. The summed E-state index contributed by atoms with van der Waals surface area (Å²) < 4.78 is 14.0. The molecule has 0 aliphatic heterocycles. The van der Waals surface area contributed by atoms with Gasteiger partial charge in [-0.2, -0.15) is 0 Å². The van der Waals surface area contributed by atoms with Crippen molar-refractivity contribution < 1.29 is 4.39 Å². The Bertz CT molecular complexity index is 605. The summed E-state index contributed by atoms with van der Waals surface area (Å²) in [5.41, 5.74) is 4.01. The van der Waals surface area contributed by atoms with Crippen molar-refractivity contribution in [3.05, 3.63) is 34.7 Å². The van der Waals surface area contributed by atoms with Crippen LogP contribution in [0.2, 0.25) is 5.02 Å². The smallest absolute Gasteiger partial charge is 0.168 e. The third-order valence-electron chi connectivity index (χ3n) is 2.80. The summed E-state index contributed by atoms with van der Waals surface area (Å²) >= 11 is 5.78. The highest BCUT2D eigenvalue weighted by atomic mass is 35.5. The van der Waals surface area contributed by atoms with Crippen LogP contribution in [-0.2, 0) is 5.41 Å². The van der Waals surface area contributed by atoms with E-state index >= 15 is 0 Å². The minimum atomic E-state index is -0.517. The van der Waals surface area contributed by atoms with Gasteiger partial charge in [0.25, 0.3) is 0 Å². The lowest BCUT2D eigenvalue weighted by atomic mass is 9.91. The van der Waals surface area contributed by atoms with Crippen molar-refractivity contribution in [2.24, 2.45) is 5.84 Å². The zero-order valence-electron chi connectivity index (χ0n) is 10.5. The van der Waals surface area contributed by atoms with E-state index in [1.807, 2.05) is 26.8 Å². The molecule has 0 aliphatic carbocycles. The minimum Gasteiger partial charge on any atom is -0.323 e. The highest BCUT2D eigenvalue weighted by Crippen LogP contribution is 2.32. The molecule has 18 heavy (non-hydrogen) atoms. The number of fused-ring (bicyclic) bond motifs is 1. The van der Waals surface area contributed by atoms with Gasteiger partial charge in [0, 0.05) is 16.5 Å². The Morgan fingerprint density at radius 3 is 2.56 bits per heavy atom. The van der Waals surface area contributed by atoms with E-state index in [0.29, 0.717) is 11.1 Å². The summed E-state index contributed by atoms with van der Waals surface area (Å²) in [6, 6.07) is 5.03. The number of nitrogen functional groups attached to an aromatic ring is 1. The third-order valence-corrected chi connectivity index (χ3v) is 3.09. The molecule has 2 aromatic rings. The van der Waals surface area contributed by atoms with Crippen LogP contribution in [0.3, 0.4) is 0 Å². The molecule has 0 unspecified atom stereocenters. The van der Waals surface area contributed by atoms with E-state index in [1.165, 1.54) is 6.07 Å². The first kappa shape index (κ1) is 13.1. The van der Waals surface area contributed by atoms with E-state index in [2.05, 4.69) is 10.4 Å². The van der Waals surface area contributed by atoms with Gasteiger partial charge >= 0.3 is 0 Å². The Morgan fingerprint density at radius 1 is 1.33 bits per heavy atom. The average Bonchev–Trinajstić information content (AvgIpc) is 2.31. The first-order chi connectivity index (χ1) is 8.34. The van der Waals surface area contributed by atoms with Crippen LogP contribution >= 0.6 is 11.6 Å². The maximum Gasteiger partial charge on any atom is 0.168 e. The Hall–Kier alpha value is -1.39. The zero-order valence-corrected chi connectivity index (χ0v) is 11.3. The van der Waals surface area contributed by atoms with E-state index in [1.54, 1.807) is 6.07 Å². The van der Waals surface area contributed by atoms with Gasteiger partial charge in [-0.15, -0.1) is 0 Å². The fourth-order valence-corrected chi connectivity index (χ4v) is 1.89. The Morgan fingerprint density at radius 2 is 2.00 bits per heavy atom. The molecule has 1 aromatic carbocycles. The average molecular weight is 268 g/mol. The molecule has 0 atom stereocenters. The van der Waals surface area contributed by atoms with Crippen LogP contribution in [0, 0.1) is 5.82 Å². The van der Waals surface area contributed by atoms with Gasteiger partial charge in [0.05, 0.1) is 10.7 Å². The first-order valence-corrected chi connectivity index (χ1v) is 5.98. The second-order valence-electron chi connectivity index (χ2n) is 5.21. The van der Waals surface area contributed by atoms with Gasteiger partial charge in [-0.05, 0) is 18.2 Å². The number of nitrogens with zero attached hydrogens (tertiary/aromatic N) is 1. The molecule has 0 radical (unpaired) electrons.